The largest absolute Gasteiger partial charge is 0.252 e. The number of aliphatic imine (C=N–C) groups is 1. The fourth-order valence-electron chi connectivity index (χ4n) is 0.518. The lowest BCUT2D eigenvalue weighted by molar-refractivity contribution is 1.37. The van der Waals surface area contributed by atoms with Gasteiger partial charge < -0.3 is 0 Å². The summed E-state index contributed by atoms with van der Waals surface area (Å²) in [4.78, 5) is 4.05. The highest BCUT2D eigenvalue weighted by molar-refractivity contribution is 14.1. The van der Waals surface area contributed by atoms with E-state index in [0.717, 1.165) is 10.1 Å². The van der Waals surface area contributed by atoms with Gasteiger partial charge in [-0.05, 0) is 28.7 Å². The van der Waals surface area contributed by atoms with E-state index in [1.54, 1.807) is 6.21 Å². The van der Waals surface area contributed by atoms with Crippen LogP contribution in [0.3, 0.4) is 0 Å². The highest BCUT2D eigenvalue weighted by atomic mass is 127. The first-order valence-corrected chi connectivity index (χ1v) is 4.33. The van der Waals surface area contributed by atoms with Crippen molar-refractivity contribution in [2.75, 3.05) is 0 Å². The SMILES string of the molecule is ClC1C#CC/C=C(I)\N=C/1. The van der Waals surface area contributed by atoms with Crippen molar-refractivity contribution in [3.05, 3.63) is 9.78 Å². The van der Waals surface area contributed by atoms with Crippen LogP contribution in [0, 0.1) is 11.8 Å². The fourth-order valence-corrected chi connectivity index (χ4v) is 1.03. The zero-order valence-corrected chi connectivity index (χ0v) is 8.06. The van der Waals surface area contributed by atoms with E-state index in [9.17, 15) is 0 Å². The summed E-state index contributed by atoms with van der Waals surface area (Å²) in [5.74, 6) is 5.74. The Morgan fingerprint density at radius 3 is 3.40 bits per heavy atom. The molecule has 0 aromatic rings. The molecule has 0 aromatic heterocycles. The van der Waals surface area contributed by atoms with E-state index in [0.29, 0.717) is 0 Å². The molecule has 3 heteroatoms. The Bertz CT molecular complexity index is 234. The average Bonchev–Trinajstić information content (AvgIpc) is 1.90. The lowest BCUT2D eigenvalue weighted by Gasteiger charge is -1.94. The van der Waals surface area contributed by atoms with Gasteiger partial charge in [0.25, 0.3) is 0 Å². The van der Waals surface area contributed by atoms with Crippen molar-refractivity contribution in [1.29, 1.82) is 0 Å². The topological polar surface area (TPSA) is 12.4 Å². The second-order valence-corrected chi connectivity index (χ2v) is 3.31. The van der Waals surface area contributed by atoms with Crippen LogP contribution in [0.2, 0.25) is 0 Å². The highest BCUT2D eigenvalue weighted by Gasteiger charge is 1.95. The predicted molar refractivity (Wildman–Crippen MR) is 52.6 cm³/mol. The Balaban J connectivity index is 2.77. The number of hydrogen-bond donors (Lipinski definition) is 0. The molecule has 1 heterocycles. The van der Waals surface area contributed by atoms with Crippen molar-refractivity contribution in [2.24, 2.45) is 4.99 Å². The van der Waals surface area contributed by atoms with Gasteiger partial charge >= 0.3 is 0 Å². The summed E-state index contributed by atoms with van der Waals surface area (Å²) in [6, 6.07) is 0. The van der Waals surface area contributed by atoms with Crippen LogP contribution in [0.5, 0.6) is 0 Å². The maximum Gasteiger partial charge on any atom is 0.129 e. The molecule has 1 nitrogen and oxygen atoms in total. The van der Waals surface area contributed by atoms with Gasteiger partial charge in [-0.2, -0.15) is 0 Å². The fraction of sp³-hybridized carbons (Fsp3) is 0.286. The standard InChI is InChI=1S/C7H5ClIN/c8-6-3-1-2-4-7(9)10-5-6/h4-6H,2H2/b7-4-,10-5-. The molecule has 0 amide bonds. The molecule has 0 spiro atoms. The molecule has 1 atom stereocenters. The zero-order chi connectivity index (χ0) is 7.40. The summed E-state index contributed by atoms with van der Waals surface area (Å²) < 4.78 is 0.956. The van der Waals surface area contributed by atoms with Gasteiger partial charge in [0, 0.05) is 12.6 Å². The molecule has 0 aliphatic carbocycles. The number of allylic oxidation sites excluding steroid dienone is 1. The molecule has 0 aromatic carbocycles. The molecule has 0 N–H and O–H groups in total. The minimum Gasteiger partial charge on any atom is -0.252 e. The summed E-state index contributed by atoms with van der Waals surface area (Å²) in [6.45, 7) is 0. The summed E-state index contributed by atoms with van der Waals surface area (Å²) in [6.07, 6.45) is 4.36. The Hall–Kier alpha value is -0.0100. The van der Waals surface area contributed by atoms with Crippen molar-refractivity contribution in [3.8, 4) is 11.8 Å². The maximum absolute atomic E-state index is 5.71. The number of alkyl halides is 1. The van der Waals surface area contributed by atoms with Crippen molar-refractivity contribution in [3.63, 3.8) is 0 Å². The number of halogens is 2. The molecule has 52 valence electrons. The van der Waals surface area contributed by atoms with Gasteiger partial charge in [-0.25, -0.2) is 0 Å². The highest BCUT2D eigenvalue weighted by Crippen LogP contribution is 2.09. The van der Waals surface area contributed by atoms with E-state index in [4.69, 9.17) is 11.6 Å². The van der Waals surface area contributed by atoms with E-state index >= 15 is 0 Å². The average molecular weight is 265 g/mol. The van der Waals surface area contributed by atoms with Gasteiger partial charge in [-0.3, -0.25) is 4.99 Å². The van der Waals surface area contributed by atoms with Crippen LogP contribution in [0.25, 0.3) is 0 Å². The first-order valence-electron chi connectivity index (χ1n) is 2.81. The van der Waals surface area contributed by atoms with E-state index in [2.05, 4.69) is 39.4 Å². The zero-order valence-electron chi connectivity index (χ0n) is 5.14. The third-order valence-corrected chi connectivity index (χ3v) is 1.88. The van der Waals surface area contributed by atoms with Gasteiger partial charge in [0.2, 0.25) is 0 Å². The number of nitrogens with zero attached hydrogens (tertiary/aromatic N) is 1. The number of rotatable bonds is 0. The third-order valence-electron chi connectivity index (χ3n) is 0.941. The molecule has 1 unspecified atom stereocenters. The van der Waals surface area contributed by atoms with E-state index < -0.39 is 0 Å². The van der Waals surface area contributed by atoms with E-state index in [1.807, 2.05) is 6.08 Å². The Morgan fingerprint density at radius 2 is 2.60 bits per heavy atom. The molecule has 1 rings (SSSR count). The monoisotopic (exact) mass is 265 g/mol. The third kappa shape index (κ3) is 2.72. The van der Waals surface area contributed by atoms with Crippen LogP contribution >= 0.6 is 34.2 Å². The van der Waals surface area contributed by atoms with Gasteiger partial charge in [-0.15, -0.1) is 11.6 Å². The minimum absolute atomic E-state index is 0.224. The van der Waals surface area contributed by atoms with Gasteiger partial charge in [0.05, 0.1) is 3.70 Å². The summed E-state index contributed by atoms with van der Waals surface area (Å²) in [5.41, 5.74) is 0. The lowest BCUT2D eigenvalue weighted by atomic mass is 10.3. The second-order valence-electron chi connectivity index (χ2n) is 1.73. The normalized spacial score (nSPS) is 32.2. The first kappa shape index (κ1) is 8.09. The van der Waals surface area contributed by atoms with Crippen LogP contribution < -0.4 is 0 Å². The molecule has 0 saturated heterocycles. The van der Waals surface area contributed by atoms with Crippen LogP contribution in [0.15, 0.2) is 14.8 Å². The van der Waals surface area contributed by atoms with Crippen LogP contribution in [-0.4, -0.2) is 11.6 Å². The van der Waals surface area contributed by atoms with Crippen LogP contribution in [0.4, 0.5) is 0 Å². The van der Waals surface area contributed by atoms with Crippen molar-refractivity contribution in [1.82, 2.24) is 0 Å². The Labute approximate surface area is 78.7 Å². The predicted octanol–water partition coefficient (Wildman–Crippen LogP) is 2.35. The van der Waals surface area contributed by atoms with Crippen LogP contribution in [-0.2, 0) is 0 Å². The second kappa shape index (κ2) is 3.99. The summed E-state index contributed by atoms with van der Waals surface area (Å²) in [5, 5.41) is -0.224. The maximum atomic E-state index is 5.71. The molecule has 0 fully saturated rings. The van der Waals surface area contributed by atoms with Gasteiger partial charge in [-0.1, -0.05) is 11.8 Å². The van der Waals surface area contributed by atoms with Crippen molar-refractivity contribution < 1.29 is 0 Å². The molecule has 1 aliphatic rings. The minimum atomic E-state index is -0.224. The lowest BCUT2D eigenvalue weighted by Crippen LogP contribution is -1.95. The summed E-state index contributed by atoms with van der Waals surface area (Å²) >= 11 is 7.85. The first-order chi connectivity index (χ1) is 4.79. The molecule has 1 aliphatic heterocycles. The van der Waals surface area contributed by atoms with E-state index in [-0.39, 0.29) is 5.38 Å². The molecular weight excluding hydrogens is 260 g/mol. The Morgan fingerprint density at radius 1 is 1.80 bits per heavy atom. The molecule has 0 saturated carbocycles. The quantitative estimate of drug-likeness (QED) is 0.276. The van der Waals surface area contributed by atoms with Crippen molar-refractivity contribution in [2.45, 2.75) is 11.8 Å². The smallest absolute Gasteiger partial charge is 0.129 e. The molecule has 10 heavy (non-hydrogen) atoms. The van der Waals surface area contributed by atoms with Crippen LogP contribution in [0.1, 0.15) is 6.42 Å². The Kier molecular flexibility index (Phi) is 3.23. The van der Waals surface area contributed by atoms with E-state index in [1.165, 1.54) is 0 Å². The molecule has 0 bridgehead atoms. The van der Waals surface area contributed by atoms with Gasteiger partial charge in [0.1, 0.15) is 5.38 Å². The summed E-state index contributed by atoms with van der Waals surface area (Å²) in [7, 11) is 0. The molecule has 0 radical (unpaired) electrons. The van der Waals surface area contributed by atoms with Crippen molar-refractivity contribution >= 4 is 40.4 Å². The van der Waals surface area contributed by atoms with Gasteiger partial charge in [0.15, 0.2) is 0 Å². The molecular formula is C7H5ClIN. The number of hydrogen-bond acceptors (Lipinski definition) is 1.